The van der Waals surface area contributed by atoms with Crippen molar-refractivity contribution in [1.82, 2.24) is 15.3 Å². The Labute approximate surface area is 159 Å². The maximum Gasteiger partial charge on any atom is 0.271 e. The predicted octanol–water partition coefficient (Wildman–Crippen LogP) is 4.15. The third-order valence-electron chi connectivity index (χ3n) is 4.32. The lowest BCUT2D eigenvalue weighted by Crippen LogP contribution is -2.25. The standard InChI is InChI=1S/C22H24N4O/c1-2-18-12-6-7-13-19(18)26-21-16-24-20(15-25-21)22(27)23-14-8-11-17-9-4-3-5-10-17/h3-7,9-10,12-13,15-16H,2,8,11,14H2,1H3,(H,23,27)(H,25,26). The van der Waals surface area contributed by atoms with Crippen molar-refractivity contribution in [3.8, 4) is 0 Å². The van der Waals surface area contributed by atoms with E-state index in [1.165, 1.54) is 17.3 Å². The maximum absolute atomic E-state index is 12.2. The number of rotatable bonds is 8. The molecule has 2 aromatic carbocycles. The molecule has 3 rings (SSSR count). The van der Waals surface area contributed by atoms with Crippen molar-refractivity contribution in [2.45, 2.75) is 26.2 Å². The van der Waals surface area contributed by atoms with Crippen LogP contribution in [0.2, 0.25) is 0 Å². The van der Waals surface area contributed by atoms with E-state index in [0.717, 1.165) is 24.9 Å². The topological polar surface area (TPSA) is 66.9 Å². The lowest BCUT2D eigenvalue weighted by atomic mass is 10.1. The molecule has 1 amide bonds. The van der Waals surface area contributed by atoms with Gasteiger partial charge in [-0.2, -0.15) is 0 Å². The zero-order chi connectivity index (χ0) is 18.9. The molecule has 27 heavy (non-hydrogen) atoms. The first-order chi connectivity index (χ1) is 13.3. The minimum atomic E-state index is -0.198. The first kappa shape index (κ1) is 18.6. The second-order valence-electron chi connectivity index (χ2n) is 6.27. The number of hydrogen-bond donors (Lipinski definition) is 2. The highest BCUT2D eigenvalue weighted by molar-refractivity contribution is 5.92. The van der Waals surface area contributed by atoms with Gasteiger partial charge in [0.25, 0.3) is 5.91 Å². The number of anilines is 2. The highest BCUT2D eigenvalue weighted by Crippen LogP contribution is 2.19. The van der Waals surface area contributed by atoms with Gasteiger partial charge in [0, 0.05) is 12.2 Å². The van der Waals surface area contributed by atoms with Crippen LogP contribution in [-0.4, -0.2) is 22.4 Å². The molecular formula is C22H24N4O. The van der Waals surface area contributed by atoms with E-state index in [4.69, 9.17) is 0 Å². The smallest absolute Gasteiger partial charge is 0.271 e. The van der Waals surface area contributed by atoms with Gasteiger partial charge in [-0.25, -0.2) is 9.97 Å². The minimum absolute atomic E-state index is 0.198. The van der Waals surface area contributed by atoms with Crippen LogP contribution in [0.25, 0.3) is 0 Å². The number of carbonyl (C=O) groups excluding carboxylic acids is 1. The van der Waals surface area contributed by atoms with Crippen LogP contribution in [0.1, 0.15) is 35.0 Å². The Morgan fingerprint density at radius 1 is 0.963 bits per heavy atom. The monoisotopic (exact) mass is 360 g/mol. The number of para-hydroxylation sites is 1. The summed E-state index contributed by atoms with van der Waals surface area (Å²) in [5.41, 5.74) is 3.81. The zero-order valence-electron chi connectivity index (χ0n) is 15.5. The van der Waals surface area contributed by atoms with Gasteiger partial charge < -0.3 is 10.6 Å². The molecule has 0 unspecified atom stereocenters. The molecule has 0 radical (unpaired) electrons. The summed E-state index contributed by atoms with van der Waals surface area (Å²) < 4.78 is 0. The molecule has 5 nitrogen and oxygen atoms in total. The van der Waals surface area contributed by atoms with Gasteiger partial charge >= 0.3 is 0 Å². The van der Waals surface area contributed by atoms with Crippen molar-refractivity contribution in [3.63, 3.8) is 0 Å². The minimum Gasteiger partial charge on any atom is -0.351 e. The zero-order valence-corrected chi connectivity index (χ0v) is 15.5. The lowest BCUT2D eigenvalue weighted by Gasteiger charge is -2.10. The number of hydrogen-bond acceptors (Lipinski definition) is 4. The van der Waals surface area contributed by atoms with Gasteiger partial charge in [0.1, 0.15) is 11.5 Å². The Morgan fingerprint density at radius 2 is 1.74 bits per heavy atom. The van der Waals surface area contributed by atoms with E-state index in [-0.39, 0.29) is 5.91 Å². The van der Waals surface area contributed by atoms with E-state index in [1.807, 2.05) is 36.4 Å². The third-order valence-corrected chi connectivity index (χ3v) is 4.32. The molecule has 0 atom stereocenters. The number of nitrogens with zero attached hydrogens (tertiary/aromatic N) is 2. The van der Waals surface area contributed by atoms with Crippen LogP contribution in [0.3, 0.4) is 0 Å². The summed E-state index contributed by atoms with van der Waals surface area (Å²) in [6, 6.07) is 18.3. The number of carbonyl (C=O) groups is 1. The highest BCUT2D eigenvalue weighted by Gasteiger charge is 2.08. The molecule has 5 heteroatoms. The van der Waals surface area contributed by atoms with Crippen LogP contribution in [0.4, 0.5) is 11.5 Å². The Balaban J connectivity index is 1.50. The molecule has 1 heterocycles. The van der Waals surface area contributed by atoms with E-state index in [0.29, 0.717) is 18.1 Å². The van der Waals surface area contributed by atoms with Gasteiger partial charge in [0.05, 0.1) is 12.4 Å². The highest BCUT2D eigenvalue weighted by atomic mass is 16.1. The van der Waals surface area contributed by atoms with Crippen LogP contribution >= 0.6 is 0 Å². The second-order valence-corrected chi connectivity index (χ2v) is 6.27. The molecule has 0 fully saturated rings. The molecule has 0 aliphatic rings. The van der Waals surface area contributed by atoms with Crippen LogP contribution in [0.5, 0.6) is 0 Å². The van der Waals surface area contributed by atoms with Gasteiger partial charge in [-0.05, 0) is 36.5 Å². The van der Waals surface area contributed by atoms with E-state index >= 15 is 0 Å². The fraction of sp³-hybridized carbons (Fsp3) is 0.227. The number of aryl methyl sites for hydroxylation is 2. The normalized spacial score (nSPS) is 10.4. The fourth-order valence-corrected chi connectivity index (χ4v) is 2.83. The van der Waals surface area contributed by atoms with E-state index in [1.54, 1.807) is 6.20 Å². The van der Waals surface area contributed by atoms with Gasteiger partial charge in [-0.1, -0.05) is 55.5 Å². The van der Waals surface area contributed by atoms with Gasteiger partial charge in [0.2, 0.25) is 0 Å². The Bertz CT molecular complexity index is 863. The molecule has 2 N–H and O–H groups in total. The average Bonchev–Trinajstić information content (AvgIpc) is 2.73. The first-order valence-corrected chi connectivity index (χ1v) is 9.25. The number of aromatic nitrogens is 2. The molecule has 1 aromatic heterocycles. The molecule has 138 valence electrons. The second kappa shape index (κ2) is 9.48. The van der Waals surface area contributed by atoms with Crippen molar-refractivity contribution in [1.29, 1.82) is 0 Å². The molecule has 0 bridgehead atoms. The third kappa shape index (κ3) is 5.38. The summed E-state index contributed by atoms with van der Waals surface area (Å²) in [6.45, 7) is 2.72. The summed E-state index contributed by atoms with van der Waals surface area (Å²) in [5.74, 6) is 0.424. The van der Waals surface area contributed by atoms with Gasteiger partial charge in [-0.3, -0.25) is 4.79 Å². The molecule has 0 aliphatic carbocycles. The SMILES string of the molecule is CCc1ccccc1Nc1cnc(C(=O)NCCCc2ccccc2)cn1. The lowest BCUT2D eigenvalue weighted by molar-refractivity contribution is 0.0948. The van der Waals surface area contributed by atoms with E-state index < -0.39 is 0 Å². The average molecular weight is 360 g/mol. The quantitative estimate of drug-likeness (QED) is 0.592. The molecule has 0 aliphatic heterocycles. The van der Waals surface area contributed by atoms with Crippen LogP contribution in [-0.2, 0) is 12.8 Å². The Kier molecular flexibility index (Phi) is 6.52. The molecule has 0 saturated carbocycles. The molecule has 0 spiro atoms. The Hall–Kier alpha value is -3.21. The molecule has 0 saturated heterocycles. The van der Waals surface area contributed by atoms with Gasteiger partial charge in [-0.15, -0.1) is 0 Å². The maximum atomic E-state index is 12.2. The van der Waals surface area contributed by atoms with Crippen molar-refractivity contribution >= 4 is 17.4 Å². The number of nitrogens with one attached hydrogen (secondary N) is 2. The molecule has 3 aromatic rings. The Morgan fingerprint density at radius 3 is 2.48 bits per heavy atom. The number of amides is 1. The fourth-order valence-electron chi connectivity index (χ4n) is 2.83. The van der Waals surface area contributed by atoms with Crippen LogP contribution in [0, 0.1) is 0 Å². The first-order valence-electron chi connectivity index (χ1n) is 9.25. The van der Waals surface area contributed by atoms with E-state index in [9.17, 15) is 4.79 Å². The van der Waals surface area contributed by atoms with E-state index in [2.05, 4.69) is 45.7 Å². The summed E-state index contributed by atoms with van der Waals surface area (Å²) in [4.78, 5) is 20.7. The van der Waals surface area contributed by atoms with Crippen molar-refractivity contribution in [3.05, 3.63) is 83.8 Å². The van der Waals surface area contributed by atoms with Crippen LogP contribution in [0.15, 0.2) is 67.0 Å². The van der Waals surface area contributed by atoms with Crippen molar-refractivity contribution in [2.75, 3.05) is 11.9 Å². The van der Waals surface area contributed by atoms with Crippen molar-refractivity contribution < 1.29 is 4.79 Å². The van der Waals surface area contributed by atoms with Crippen LogP contribution < -0.4 is 10.6 Å². The summed E-state index contributed by atoms with van der Waals surface area (Å²) in [5, 5.41) is 6.15. The summed E-state index contributed by atoms with van der Waals surface area (Å²) in [7, 11) is 0. The summed E-state index contributed by atoms with van der Waals surface area (Å²) in [6.07, 6.45) is 5.85. The summed E-state index contributed by atoms with van der Waals surface area (Å²) >= 11 is 0. The molecular weight excluding hydrogens is 336 g/mol. The predicted molar refractivity (Wildman–Crippen MR) is 108 cm³/mol. The van der Waals surface area contributed by atoms with Gasteiger partial charge in [0.15, 0.2) is 0 Å². The number of benzene rings is 2. The van der Waals surface area contributed by atoms with Crippen molar-refractivity contribution in [2.24, 2.45) is 0 Å². The largest absolute Gasteiger partial charge is 0.351 e.